The SMILES string of the molecule is C#CC[C@@H]1C(=O)CC[C@H]1CCC(=O)OC. The molecule has 0 aromatic carbocycles. The smallest absolute Gasteiger partial charge is 0.305 e. The third-order valence-electron chi connectivity index (χ3n) is 3.03. The number of rotatable bonds is 4. The second-order valence-electron chi connectivity index (χ2n) is 3.89. The van der Waals surface area contributed by atoms with Gasteiger partial charge in [0.25, 0.3) is 0 Å². The Kier molecular flexibility index (Phi) is 4.36. The number of methoxy groups -OCH3 is 1. The molecule has 0 aromatic heterocycles. The molecule has 15 heavy (non-hydrogen) atoms. The summed E-state index contributed by atoms with van der Waals surface area (Å²) in [6.45, 7) is 0. The van der Waals surface area contributed by atoms with Crippen LogP contribution in [0.2, 0.25) is 0 Å². The number of ketones is 1. The van der Waals surface area contributed by atoms with Gasteiger partial charge in [-0.3, -0.25) is 9.59 Å². The van der Waals surface area contributed by atoms with E-state index in [1.54, 1.807) is 0 Å². The Morgan fingerprint density at radius 1 is 1.67 bits per heavy atom. The largest absolute Gasteiger partial charge is 0.469 e. The average molecular weight is 208 g/mol. The van der Waals surface area contributed by atoms with E-state index in [9.17, 15) is 9.59 Å². The van der Waals surface area contributed by atoms with E-state index in [4.69, 9.17) is 6.42 Å². The van der Waals surface area contributed by atoms with Gasteiger partial charge in [0, 0.05) is 25.2 Å². The van der Waals surface area contributed by atoms with E-state index in [1.807, 2.05) is 0 Å². The maximum Gasteiger partial charge on any atom is 0.305 e. The molecule has 0 unspecified atom stereocenters. The van der Waals surface area contributed by atoms with Crippen molar-refractivity contribution in [2.24, 2.45) is 11.8 Å². The maximum atomic E-state index is 11.5. The maximum absolute atomic E-state index is 11.5. The van der Waals surface area contributed by atoms with Crippen LogP contribution in [0, 0.1) is 24.2 Å². The number of hydrogen-bond acceptors (Lipinski definition) is 3. The zero-order chi connectivity index (χ0) is 11.3. The predicted octanol–water partition coefficient (Wildman–Crippen LogP) is 1.56. The topological polar surface area (TPSA) is 43.4 Å². The van der Waals surface area contributed by atoms with Crippen molar-refractivity contribution in [3.05, 3.63) is 0 Å². The number of esters is 1. The first kappa shape index (κ1) is 11.8. The van der Waals surface area contributed by atoms with Crippen LogP contribution in [0.15, 0.2) is 0 Å². The van der Waals surface area contributed by atoms with Crippen molar-refractivity contribution in [1.29, 1.82) is 0 Å². The normalized spacial score (nSPS) is 24.9. The van der Waals surface area contributed by atoms with Crippen molar-refractivity contribution in [2.45, 2.75) is 32.1 Å². The Labute approximate surface area is 90.2 Å². The van der Waals surface area contributed by atoms with Gasteiger partial charge in [-0.1, -0.05) is 0 Å². The number of terminal acetylenes is 1. The summed E-state index contributed by atoms with van der Waals surface area (Å²) in [6, 6.07) is 0. The summed E-state index contributed by atoms with van der Waals surface area (Å²) < 4.78 is 4.57. The molecule has 0 N–H and O–H groups in total. The molecule has 0 radical (unpaired) electrons. The fourth-order valence-electron chi connectivity index (χ4n) is 2.14. The van der Waals surface area contributed by atoms with Crippen molar-refractivity contribution in [3.63, 3.8) is 0 Å². The lowest BCUT2D eigenvalue weighted by molar-refractivity contribution is -0.141. The third kappa shape index (κ3) is 3.09. The van der Waals surface area contributed by atoms with Gasteiger partial charge in [-0.2, -0.15) is 0 Å². The average Bonchev–Trinajstić information content (AvgIpc) is 2.58. The van der Waals surface area contributed by atoms with Crippen LogP contribution >= 0.6 is 0 Å². The summed E-state index contributed by atoms with van der Waals surface area (Å²) in [7, 11) is 1.38. The summed E-state index contributed by atoms with van der Waals surface area (Å²) >= 11 is 0. The number of ether oxygens (including phenoxy) is 1. The molecule has 0 aliphatic heterocycles. The van der Waals surface area contributed by atoms with E-state index < -0.39 is 0 Å². The van der Waals surface area contributed by atoms with Crippen LogP contribution in [-0.2, 0) is 14.3 Å². The number of hydrogen-bond donors (Lipinski definition) is 0. The third-order valence-corrected chi connectivity index (χ3v) is 3.03. The van der Waals surface area contributed by atoms with Gasteiger partial charge in [-0.25, -0.2) is 0 Å². The standard InChI is InChI=1S/C12H16O3/c1-3-4-10-9(5-7-11(10)13)6-8-12(14)15-2/h1,9-10H,4-8H2,2H3/t9-,10-/m0/s1. The molecule has 3 nitrogen and oxygen atoms in total. The highest BCUT2D eigenvalue weighted by atomic mass is 16.5. The molecule has 0 bridgehead atoms. The second-order valence-corrected chi connectivity index (χ2v) is 3.89. The highest BCUT2D eigenvalue weighted by molar-refractivity contribution is 5.83. The molecule has 0 aromatic rings. The lowest BCUT2D eigenvalue weighted by atomic mass is 9.89. The molecular formula is C12H16O3. The molecular weight excluding hydrogens is 192 g/mol. The minimum Gasteiger partial charge on any atom is -0.469 e. The van der Waals surface area contributed by atoms with E-state index in [2.05, 4.69) is 10.7 Å². The predicted molar refractivity (Wildman–Crippen MR) is 55.9 cm³/mol. The summed E-state index contributed by atoms with van der Waals surface area (Å²) in [5.74, 6) is 2.82. The summed E-state index contributed by atoms with van der Waals surface area (Å²) in [6.07, 6.45) is 8.30. The Hall–Kier alpha value is -1.30. The summed E-state index contributed by atoms with van der Waals surface area (Å²) in [5, 5.41) is 0. The minimum absolute atomic E-state index is 0.0281. The van der Waals surface area contributed by atoms with Crippen LogP contribution in [0.25, 0.3) is 0 Å². The van der Waals surface area contributed by atoms with E-state index in [-0.39, 0.29) is 23.6 Å². The quantitative estimate of drug-likeness (QED) is 0.520. The van der Waals surface area contributed by atoms with E-state index >= 15 is 0 Å². The van der Waals surface area contributed by atoms with Gasteiger partial charge >= 0.3 is 5.97 Å². The van der Waals surface area contributed by atoms with Gasteiger partial charge in [-0.15, -0.1) is 12.3 Å². The molecule has 1 rings (SSSR count). The fraction of sp³-hybridized carbons (Fsp3) is 0.667. The number of carbonyl (C=O) groups excluding carboxylic acids is 2. The van der Waals surface area contributed by atoms with Crippen LogP contribution < -0.4 is 0 Å². The van der Waals surface area contributed by atoms with E-state index in [0.29, 0.717) is 25.7 Å². The molecule has 1 aliphatic rings. The molecule has 0 spiro atoms. The van der Waals surface area contributed by atoms with Crippen molar-refractivity contribution >= 4 is 11.8 Å². The summed E-state index contributed by atoms with van der Waals surface area (Å²) in [4.78, 5) is 22.4. The lowest BCUT2D eigenvalue weighted by Crippen LogP contribution is -2.15. The van der Waals surface area contributed by atoms with Gasteiger partial charge in [0.1, 0.15) is 5.78 Å². The van der Waals surface area contributed by atoms with E-state index in [0.717, 1.165) is 6.42 Å². The lowest BCUT2D eigenvalue weighted by Gasteiger charge is -2.14. The molecule has 1 saturated carbocycles. The molecule has 82 valence electrons. The molecule has 0 saturated heterocycles. The van der Waals surface area contributed by atoms with Crippen molar-refractivity contribution in [3.8, 4) is 12.3 Å². The Morgan fingerprint density at radius 3 is 3.00 bits per heavy atom. The molecule has 0 amide bonds. The van der Waals surface area contributed by atoms with E-state index in [1.165, 1.54) is 7.11 Å². The highest BCUT2D eigenvalue weighted by Gasteiger charge is 2.33. The molecule has 2 atom stereocenters. The Morgan fingerprint density at radius 2 is 2.40 bits per heavy atom. The molecule has 1 fully saturated rings. The fourth-order valence-corrected chi connectivity index (χ4v) is 2.14. The van der Waals surface area contributed by atoms with Gasteiger partial charge in [0.05, 0.1) is 7.11 Å². The van der Waals surface area contributed by atoms with Crippen molar-refractivity contribution in [1.82, 2.24) is 0 Å². The van der Waals surface area contributed by atoms with Crippen LogP contribution in [0.5, 0.6) is 0 Å². The summed E-state index contributed by atoms with van der Waals surface area (Å²) in [5.41, 5.74) is 0. The van der Waals surface area contributed by atoms with Crippen molar-refractivity contribution < 1.29 is 14.3 Å². The van der Waals surface area contributed by atoms with Crippen LogP contribution in [0.3, 0.4) is 0 Å². The molecule has 0 heterocycles. The van der Waals surface area contributed by atoms with Gasteiger partial charge in [-0.05, 0) is 18.8 Å². The highest BCUT2D eigenvalue weighted by Crippen LogP contribution is 2.34. The first-order chi connectivity index (χ1) is 7.19. The minimum atomic E-state index is -0.214. The first-order valence-electron chi connectivity index (χ1n) is 5.22. The van der Waals surface area contributed by atoms with Crippen LogP contribution in [0.4, 0.5) is 0 Å². The van der Waals surface area contributed by atoms with Crippen molar-refractivity contribution in [2.75, 3.05) is 7.11 Å². The zero-order valence-electron chi connectivity index (χ0n) is 8.99. The number of Topliss-reactive ketones (excluding diaryl/α,β-unsaturated/α-hetero) is 1. The van der Waals surface area contributed by atoms with Crippen LogP contribution in [0.1, 0.15) is 32.1 Å². The molecule has 3 heteroatoms. The Balaban J connectivity index is 2.44. The first-order valence-corrected chi connectivity index (χ1v) is 5.22. The Bertz CT molecular complexity index is 288. The number of carbonyl (C=O) groups is 2. The van der Waals surface area contributed by atoms with Gasteiger partial charge in [0.15, 0.2) is 0 Å². The zero-order valence-corrected chi connectivity index (χ0v) is 8.99. The second kappa shape index (κ2) is 5.55. The van der Waals surface area contributed by atoms with Gasteiger partial charge < -0.3 is 4.74 Å². The van der Waals surface area contributed by atoms with Crippen LogP contribution in [-0.4, -0.2) is 18.9 Å². The monoisotopic (exact) mass is 208 g/mol. The van der Waals surface area contributed by atoms with Gasteiger partial charge in [0.2, 0.25) is 0 Å². The molecule has 1 aliphatic carbocycles.